The van der Waals surface area contributed by atoms with E-state index in [0.29, 0.717) is 11.5 Å². The molecule has 0 unspecified atom stereocenters. The van der Waals surface area contributed by atoms with Crippen LogP contribution >= 0.6 is 0 Å². The molecule has 4 nitrogen and oxygen atoms in total. The van der Waals surface area contributed by atoms with Gasteiger partial charge in [-0.3, -0.25) is 4.79 Å². The quantitative estimate of drug-likeness (QED) is 0.818. The molecular weight excluding hydrogens is 252 g/mol. The molecule has 0 saturated heterocycles. The molecule has 2 aromatic carbocycles. The van der Waals surface area contributed by atoms with Gasteiger partial charge < -0.3 is 10.4 Å². The van der Waals surface area contributed by atoms with Crippen LogP contribution in [0.25, 0.3) is 6.08 Å². The molecule has 1 aliphatic rings. The van der Waals surface area contributed by atoms with E-state index in [4.69, 9.17) is 0 Å². The van der Waals surface area contributed by atoms with Crippen molar-refractivity contribution >= 4 is 17.8 Å². The largest absolute Gasteiger partial charge is 0.508 e. The summed E-state index contributed by atoms with van der Waals surface area (Å²) >= 11 is 0. The van der Waals surface area contributed by atoms with Gasteiger partial charge in [0, 0.05) is 5.56 Å². The van der Waals surface area contributed by atoms with E-state index in [2.05, 4.69) is 10.3 Å². The molecule has 1 heterocycles. The van der Waals surface area contributed by atoms with Crippen LogP contribution in [0.1, 0.15) is 11.1 Å². The lowest BCUT2D eigenvalue weighted by Crippen LogP contribution is -2.24. The van der Waals surface area contributed by atoms with Gasteiger partial charge in [-0.25, -0.2) is 4.99 Å². The monoisotopic (exact) mass is 264 g/mol. The van der Waals surface area contributed by atoms with Gasteiger partial charge in [-0.1, -0.05) is 42.5 Å². The number of hydrogen-bond donors (Lipinski definition) is 2. The second-order valence-electron chi connectivity index (χ2n) is 4.41. The average Bonchev–Trinajstić information content (AvgIpc) is 2.81. The Morgan fingerprint density at radius 3 is 2.60 bits per heavy atom. The van der Waals surface area contributed by atoms with Gasteiger partial charge >= 0.3 is 0 Å². The van der Waals surface area contributed by atoms with E-state index in [9.17, 15) is 9.90 Å². The summed E-state index contributed by atoms with van der Waals surface area (Å²) in [5, 5.41) is 12.2. The number of amidine groups is 1. The maximum absolute atomic E-state index is 11.9. The molecule has 0 radical (unpaired) electrons. The van der Waals surface area contributed by atoms with E-state index in [-0.39, 0.29) is 11.7 Å². The van der Waals surface area contributed by atoms with Gasteiger partial charge in [0.15, 0.2) is 0 Å². The maximum atomic E-state index is 11.9. The number of phenolic OH excluding ortho intramolecular Hbond substituents is 1. The fraction of sp³-hybridized carbons (Fsp3) is 0. The van der Waals surface area contributed by atoms with Crippen LogP contribution in [0.3, 0.4) is 0 Å². The zero-order valence-electron chi connectivity index (χ0n) is 10.6. The second kappa shape index (κ2) is 5.01. The first-order valence-electron chi connectivity index (χ1n) is 6.18. The van der Waals surface area contributed by atoms with E-state index in [1.54, 1.807) is 30.3 Å². The molecule has 0 atom stereocenters. The summed E-state index contributed by atoms with van der Waals surface area (Å²) in [6.07, 6.45) is 1.64. The Morgan fingerprint density at radius 2 is 1.85 bits per heavy atom. The summed E-state index contributed by atoms with van der Waals surface area (Å²) in [5.74, 6) is 0.458. The lowest BCUT2D eigenvalue weighted by molar-refractivity contribution is -0.115. The minimum absolute atomic E-state index is 0.157. The number of aliphatic imine (C=N–C) groups is 1. The number of aromatic hydroxyl groups is 1. The zero-order chi connectivity index (χ0) is 13.9. The van der Waals surface area contributed by atoms with Crippen LogP contribution in [-0.2, 0) is 4.79 Å². The van der Waals surface area contributed by atoms with Crippen molar-refractivity contribution in [2.75, 3.05) is 0 Å². The normalized spacial score (nSPS) is 16.1. The molecule has 98 valence electrons. The van der Waals surface area contributed by atoms with Crippen molar-refractivity contribution in [2.45, 2.75) is 0 Å². The third kappa shape index (κ3) is 2.44. The van der Waals surface area contributed by atoms with Crippen LogP contribution in [0, 0.1) is 0 Å². The summed E-state index contributed by atoms with van der Waals surface area (Å²) < 4.78 is 0. The molecule has 0 aromatic heterocycles. The smallest absolute Gasteiger partial charge is 0.275 e. The predicted molar refractivity (Wildman–Crippen MR) is 77.2 cm³/mol. The first kappa shape index (κ1) is 12.2. The minimum Gasteiger partial charge on any atom is -0.508 e. The number of carbonyl (C=O) groups is 1. The van der Waals surface area contributed by atoms with Gasteiger partial charge in [-0.05, 0) is 23.8 Å². The first-order valence-corrected chi connectivity index (χ1v) is 6.18. The highest BCUT2D eigenvalue weighted by molar-refractivity contribution is 6.19. The van der Waals surface area contributed by atoms with Crippen molar-refractivity contribution in [2.24, 2.45) is 4.99 Å². The lowest BCUT2D eigenvalue weighted by atomic mass is 10.2. The maximum Gasteiger partial charge on any atom is 0.275 e. The second-order valence-corrected chi connectivity index (χ2v) is 4.41. The van der Waals surface area contributed by atoms with Crippen molar-refractivity contribution in [3.63, 3.8) is 0 Å². The molecule has 20 heavy (non-hydrogen) atoms. The van der Waals surface area contributed by atoms with Gasteiger partial charge in [-0.15, -0.1) is 0 Å². The highest BCUT2D eigenvalue weighted by Gasteiger charge is 2.20. The predicted octanol–water partition coefficient (Wildman–Crippen LogP) is 2.31. The minimum atomic E-state index is -0.243. The van der Waals surface area contributed by atoms with Crippen molar-refractivity contribution < 1.29 is 9.90 Å². The molecule has 3 rings (SSSR count). The Balaban J connectivity index is 1.95. The molecular formula is C16H12N2O2. The topological polar surface area (TPSA) is 61.7 Å². The Bertz CT molecular complexity index is 718. The van der Waals surface area contributed by atoms with E-state index in [1.165, 1.54) is 0 Å². The molecule has 2 N–H and O–H groups in total. The van der Waals surface area contributed by atoms with Gasteiger partial charge in [0.1, 0.15) is 17.3 Å². The molecule has 1 amide bonds. The van der Waals surface area contributed by atoms with Crippen molar-refractivity contribution in [3.8, 4) is 5.75 Å². The van der Waals surface area contributed by atoms with Crippen LogP contribution in [0.2, 0.25) is 0 Å². The van der Waals surface area contributed by atoms with Gasteiger partial charge in [0.2, 0.25) is 0 Å². The molecule has 0 aliphatic carbocycles. The molecule has 0 saturated carbocycles. The number of hydrogen-bond acceptors (Lipinski definition) is 3. The zero-order valence-corrected chi connectivity index (χ0v) is 10.6. The number of nitrogens with one attached hydrogen (secondary N) is 1. The average molecular weight is 264 g/mol. The van der Waals surface area contributed by atoms with Crippen LogP contribution in [0.15, 0.2) is 65.3 Å². The Morgan fingerprint density at radius 1 is 1.05 bits per heavy atom. The molecule has 0 spiro atoms. The summed E-state index contributed by atoms with van der Waals surface area (Å²) in [6.45, 7) is 0. The standard InChI is InChI=1S/C16H12N2O2/c19-13-8-4-5-11(9-13)10-14-16(20)18-15(17-14)12-6-2-1-3-7-12/h1-10,19H,(H,17,18,20). The van der Waals surface area contributed by atoms with Gasteiger partial charge in [0.05, 0.1) is 0 Å². The Labute approximate surface area is 116 Å². The van der Waals surface area contributed by atoms with E-state index < -0.39 is 0 Å². The lowest BCUT2D eigenvalue weighted by Gasteiger charge is -1.98. The molecule has 1 aliphatic heterocycles. The van der Waals surface area contributed by atoms with Crippen molar-refractivity contribution in [3.05, 3.63) is 71.4 Å². The fourth-order valence-electron chi connectivity index (χ4n) is 1.97. The molecule has 0 bridgehead atoms. The van der Waals surface area contributed by atoms with E-state index in [1.807, 2.05) is 30.3 Å². The Kier molecular flexibility index (Phi) is 3.05. The van der Waals surface area contributed by atoms with Crippen LogP contribution in [0.4, 0.5) is 0 Å². The number of rotatable bonds is 2. The molecule has 2 aromatic rings. The van der Waals surface area contributed by atoms with Crippen molar-refractivity contribution in [1.82, 2.24) is 5.32 Å². The summed E-state index contributed by atoms with van der Waals surface area (Å²) in [5.41, 5.74) is 1.92. The molecule has 0 fully saturated rings. The summed E-state index contributed by atoms with van der Waals surface area (Å²) in [4.78, 5) is 16.2. The SMILES string of the molecule is O=C1NC(c2ccccc2)=NC1=Cc1cccc(O)c1. The van der Waals surface area contributed by atoms with Crippen LogP contribution in [0.5, 0.6) is 5.75 Å². The van der Waals surface area contributed by atoms with Crippen LogP contribution < -0.4 is 5.32 Å². The highest BCUT2D eigenvalue weighted by atomic mass is 16.3. The van der Waals surface area contributed by atoms with Crippen LogP contribution in [-0.4, -0.2) is 16.8 Å². The van der Waals surface area contributed by atoms with E-state index in [0.717, 1.165) is 11.1 Å². The summed E-state index contributed by atoms with van der Waals surface area (Å²) in [7, 11) is 0. The van der Waals surface area contributed by atoms with Gasteiger partial charge in [-0.2, -0.15) is 0 Å². The third-order valence-corrected chi connectivity index (χ3v) is 2.92. The van der Waals surface area contributed by atoms with Crippen molar-refractivity contribution in [1.29, 1.82) is 0 Å². The van der Waals surface area contributed by atoms with Gasteiger partial charge in [0.25, 0.3) is 5.91 Å². The summed E-state index contributed by atoms with van der Waals surface area (Å²) in [6, 6.07) is 16.1. The molecule has 4 heteroatoms. The highest BCUT2D eigenvalue weighted by Crippen LogP contribution is 2.17. The third-order valence-electron chi connectivity index (χ3n) is 2.92. The number of nitrogens with zero attached hydrogens (tertiary/aromatic N) is 1. The number of carbonyl (C=O) groups excluding carboxylic acids is 1. The number of amides is 1. The Hall–Kier alpha value is -2.88. The number of phenols is 1. The van der Waals surface area contributed by atoms with E-state index >= 15 is 0 Å². The first-order chi connectivity index (χ1) is 9.72. The number of benzene rings is 2. The fourth-order valence-corrected chi connectivity index (χ4v) is 1.97.